The van der Waals surface area contributed by atoms with E-state index >= 15 is 0 Å². The number of hydrogen-bond donors (Lipinski definition) is 3. The van der Waals surface area contributed by atoms with Gasteiger partial charge in [0.2, 0.25) is 0 Å². The molecule has 0 radical (unpaired) electrons. The molecule has 0 saturated carbocycles. The van der Waals surface area contributed by atoms with E-state index in [1.165, 1.54) is 16.7 Å². The van der Waals surface area contributed by atoms with Crippen LogP contribution in [0, 0.1) is 0 Å². The van der Waals surface area contributed by atoms with Crippen LogP contribution in [0.4, 0.5) is 0 Å². The standard InChI is InChI=1S/C16H18N4/c17-8-12-1-3-13(4-2-12)9-18-10-14-5-6-15-16(7-14)20-11-19-15/h1-7,11,18H,8-10,17H2,(H,19,20). The number of hydrogen-bond acceptors (Lipinski definition) is 3. The van der Waals surface area contributed by atoms with Crippen molar-refractivity contribution >= 4 is 11.0 Å². The van der Waals surface area contributed by atoms with Crippen molar-refractivity contribution in [3.05, 3.63) is 65.5 Å². The molecule has 1 aromatic heterocycles. The number of nitrogens with two attached hydrogens (primary N) is 1. The summed E-state index contributed by atoms with van der Waals surface area (Å²) in [6.45, 7) is 2.29. The Kier molecular flexibility index (Phi) is 3.76. The van der Waals surface area contributed by atoms with Crippen molar-refractivity contribution in [3.63, 3.8) is 0 Å². The lowest BCUT2D eigenvalue weighted by molar-refractivity contribution is 0.693. The fraction of sp³-hybridized carbons (Fsp3) is 0.188. The number of aromatic nitrogens is 2. The van der Waals surface area contributed by atoms with E-state index in [0.29, 0.717) is 6.54 Å². The average molecular weight is 266 g/mol. The van der Waals surface area contributed by atoms with Crippen LogP contribution in [-0.4, -0.2) is 9.97 Å². The highest BCUT2D eigenvalue weighted by Gasteiger charge is 1.99. The van der Waals surface area contributed by atoms with Crippen LogP contribution in [0.25, 0.3) is 11.0 Å². The second-order valence-electron chi connectivity index (χ2n) is 4.88. The van der Waals surface area contributed by atoms with E-state index < -0.39 is 0 Å². The molecule has 0 unspecified atom stereocenters. The summed E-state index contributed by atoms with van der Waals surface area (Å²) in [6, 6.07) is 14.7. The normalized spacial score (nSPS) is 11.1. The summed E-state index contributed by atoms with van der Waals surface area (Å²) < 4.78 is 0. The maximum Gasteiger partial charge on any atom is 0.0931 e. The van der Waals surface area contributed by atoms with Crippen molar-refractivity contribution in [3.8, 4) is 0 Å². The minimum absolute atomic E-state index is 0.595. The van der Waals surface area contributed by atoms with Crippen molar-refractivity contribution in [2.24, 2.45) is 5.73 Å². The van der Waals surface area contributed by atoms with E-state index in [2.05, 4.69) is 51.7 Å². The zero-order valence-electron chi connectivity index (χ0n) is 11.3. The highest BCUT2D eigenvalue weighted by Crippen LogP contribution is 2.11. The lowest BCUT2D eigenvalue weighted by Crippen LogP contribution is -2.12. The molecule has 102 valence electrons. The maximum atomic E-state index is 5.59. The minimum Gasteiger partial charge on any atom is -0.345 e. The molecule has 3 rings (SSSR count). The number of imidazole rings is 1. The van der Waals surface area contributed by atoms with E-state index in [-0.39, 0.29) is 0 Å². The third kappa shape index (κ3) is 2.87. The molecule has 2 aromatic carbocycles. The molecular formula is C16H18N4. The zero-order valence-corrected chi connectivity index (χ0v) is 11.3. The van der Waals surface area contributed by atoms with Crippen LogP contribution in [0.3, 0.4) is 0 Å². The van der Waals surface area contributed by atoms with Gasteiger partial charge in [-0.2, -0.15) is 0 Å². The van der Waals surface area contributed by atoms with Crippen LogP contribution < -0.4 is 11.1 Å². The van der Waals surface area contributed by atoms with E-state index in [9.17, 15) is 0 Å². The summed E-state index contributed by atoms with van der Waals surface area (Å²) in [6.07, 6.45) is 1.72. The van der Waals surface area contributed by atoms with Gasteiger partial charge in [-0.1, -0.05) is 30.3 Å². The summed E-state index contributed by atoms with van der Waals surface area (Å²) in [5.74, 6) is 0. The van der Waals surface area contributed by atoms with Crippen molar-refractivity contribution in [1.29, 1.82) is 0 Å². The van der Waals surface area contributed by atoms with Crippen LogP contribution in [0.2, 0.25) is 0 Å². The van der Waals surface area contributed by atoms with Crippen LogP contribution in [-0.2, 0) is 19.6 Å². The maximum absolute atomic E-state index is 5.59. The first-order valence-electron chi connectivity index (χ1n) is 6.76. The van der Waals surface area contributed by atoms with Crippen molar-refractivity contribution in [2.45, 2.75) is 19.6 Å². The Morgan fingerprint density at radius 2 is 1.65 bits per heavy atom. The van der Waals surface area contributed by atoms with Crippen LogP contribution in [0.5, 0.6) is 0 Å². The Labute approximate surface area is 118 Å². The molecule has 4 N–H and O–H groups in total. The van der Waals surface area contributed by atoms with Crippen LogP contribution in [0.15, 0.2) is 48.8 Å². The van der Waals surface area contributed by atoms with Crippen molar-refractivity contribution in [1.82, 2.24) is 15.3 Å². The molecule has 20 heavy (non-hydrogen) atoms. The number of H-pyrrole nitrogens is 1. The van der Waals surface area contributed by atoms with Gasteiger partial charge in [-0.25, -0.2) is 4.98 Å². The number of nitrogens with one attached hydrogen (secondary N) is 2. The molecule has 0 aliphatic heterocycles. The Morgan fingerprint density at radius 3 is 2.45 bits per heavy atom. The van der Waals surface area contributed by atoms with E-state index in [1.54, 1.807) is 6.33 Å². The second-order valence-corrected chi connectivity index (χ2v) is 4.88. The highest BCUT2D eigenvalue weighted by atomic mass is 14.9. The summed E-state index contributed by atoms with van der Waals surface area (Å²) in [4.78, 5) is 7.35. The van der Waals surface area contributed by atoms with Crippen molar-refractivity contribution in [2.75, 3.05) is 0 Å². The molecule has 0 fully saturated rings. The predicted molar refractivity (Wildman–Crippen MR) is 81.0 cm³/mol. The highest BCUT2D eigenvalue weighted by molar-refractivity contribution is 5.74. The SMILES string of the molecule is NCc1ccc(CNCc2ccc3nc[nH]c3c2)cc1. The fourth-order valence-corrected chi connectivity index (χ4v) is 2.24. The summed E-state index contributed by atoms with van der Waals surface area (Å²) in [7, 11) is 0. The Morgan fingerprint density at radius 1 is 0.950 bits per heavy atom. The minimum atomic E-state index is 0.595. The first-order valence-corrected chi connectivity index (χ1v) is 6.76. The largest absolute Gasteiger partial charge is 0.345 e. The molecule has 1 heterocycles. The lowest BCUT2D eigenvalue weighted by atomic mass is 10.1. The molecule has 0 aliphatic carbocycles. The van der Waals surface area contributed by atoms with E-state index in [0.717, 1.165) is 24.1 Å². The smallest absolute Gasteiger partial charge is 0.0931 e. The van der Waals surface area contributed by atoms with Gasteiger partial charge >= 0.3 is 0 Å². The first-order chi connectivity index (χ1) is 9.85. The zero-order chi connectivity index (χ0) is 13.8. The molecule has 0 saturated heterocycles. The molecule has 0 amide bonds. The van der Waals surface area contributed by atoms with E-state index in [4.69, 9.17) is 5.73 Å². The first kappa shape index (κ1) is 12.8. The Hall–Kier alpha value is -2.17. The quantitative estimate of drug-likeness (QED) is 0.664. The molecular weight excluding hydrogens is 248 g/mol. The lowest BCUT2D eigenvalue weighted by Gasteiger charge is -2.06. The molecule has 0 spiro atoms. The second kappa shape index (κ2) is 5.86. The average Bonchev–Trinajstić information content (AvgIpc) is 2.95. The number of fused-ring (bicyclic) bond motifs is 1. The van der Waals surface area contributed by atoms with Crippen molar-refractivity contribution < 1.29 is 0 Å². The summed E-state index contributed by atoms with van der Waals surface area (Å²) in [5.41, 5.74) is 11.4. The molecule has 0 atom stereocenters. The topological polar surface area (TPSA) is 66.7 Å². The van der Waals surface area contributed by atoms with Gasteiger partial charge in [0, 0.05) is 19.6 Å². The number of benzene rings is 2. The van der Waals surface area contributed by atoms with Gasteiger partial charge in [-0.05, 0) is 28.8 Å². The van der Waals surface area contributed by atoms with Gasteiger partial charge in [0.15, 0.2) is 0 Å². The third-order valence-electron chi connectivity index (χ3n) is 3.40. The van der Waals surface area contributed by atoms with Gasteiger partial charge in [-0.15, -0.1) is 0 Å². The number of nitrogens with zero attached hydrogens (tertiary/aromatic N) is 1. The van der Waals surface area contributed by atoms with Gasteiger partial charge in [0.1, 0.15) is 0 Å². The van der Waals surface area contributed by atoms with Gasteiger partial charge in [0.05, 0.1) is 17.4 Å². The van der Waals surface area contributed by atoms with Crippen LogP contribution >= 0.6 is 0 Å². The van der Waals surface area contributed by atoms with Gasteiger partial charge < -0.3 is 16.0 Å². The van der Waals surface area contributed by atoms with Crippen LogP contribution in [0.1, 0.15) is 16.7 Å². The Bertz CT molecular complexity index is 685. The molecule has 0 bridgehead atoms. The Balaban J connectivity index is 1.58. The molecule has 0 aliphatic rings. The van der Waals surface area contributed by atoms with Gasteiger partial charge in [-0.3, -0.25) is 0 Å². The fourth-order valence-electron chi connectivity index (χ4n) is 2.24. The molecule has 3 aromatic rings. The third-order valence-corrected chi connectivity index (χ3v) is 3.40. The number of aromatic amines is 1. The summed E-state index contributed by atoms with van der Waals surface area (Å²) >= 11 is 0. The molecule has 4 heteroatoms. The monoisotopic (exact) mass is 266 g/mol. The predicted octanol–water partition coefficient (Wildman–Crippen LogP) is 2.31. The number of rotatable bonds is 5. The molecule has 4 nitrogen and oxygen atoms in total. The van der Waals surface area contributed by atoms with Gasteiger partial charge in [0.25, 0.3) is 0 Å². The van der Waals surface area contributed by atoms with E-state index in [1.807, 2.05) is 6.07 Å². The summed E-state index contributed by atoms with van der Waals surface area (Å²) in [5, 5.41) is 3.45.